The number of benzene rings is 2. The summed E-state index contributed by atoms with van der Waals surface area (Å²) in [6, 6.07) is 13.6. The molecule has 2 aromatic carbocycles. The average molecular weight is 324 g/mol. The number of fused-ring (bicyclic) bond motifs is 1. The van der Waals surface area contributed by atoms with Gasteiger partial charge in [-0.05, 0) is 48.4 Å². The third kappa shape index (κ3) is 3.76. The van der Waals surface area contributed by atoms with Crippen LogP contribution in [0.2, 0.25) is 0 Å². The van der Waals surface area contributed by atoms with Gasteiger partial charge in [-0.1, -0.05) is 29.5 Å². The molecule has 5 heteroatoms. The van der Waals surface area contributed by atoms with Gasteiger partial charge >= 0.3 is 0 Å². The molecule has 0 atom stereocenters. The van der Waals surface area contributed by atoms with E-state index < -0.39 is 0 Å². The van der Waals surface area contributed by atoms with Gasteiger partial charge in [0.1, 0.15) is 5.75 Å². The Hall–Kier alpha value is -2.66. The lowest BCUT2D eigenvalue weighted by atomic mass is 10.2. The number of aromatic nitrogens is 1. The van der Waals surface area contributed by atoms with Crippen LogP contribution in [0, 0.1) is 6.92 Å². The zero-order valence-electron chi connectivity index (χ0n) is 12.9. The van der Waals surface area contributed by atoms with Gasteiger partial charge in [0.15, 0.2) is 5.13 Å². The second-order valence-electron chi connectivity index (χ2n) is 5.09. The molecule has 1 aromatic heterocycles. The van der Waals surface area contributed by atoms with Crippen LogP contribution in [0.3, 0.4) is 0 Å². The minimum atomic E-state index is -0.205. The number of nitrogens with zero attached hydrogens (tertiary/aromatic N) is 1. The van der Waals surface area contributed by atoms with E-state index in [0.717, 1.165) is 21.5 Å². The van der Waals surface area contributed by atoms with E-state index in [-0.39, 0.29) is 5.91 Å². The van der Waals surface area contributed by atoms with E-state index in [1.165, 1.54) is 23.0 Å². The van der Waals surface area contributed by atoms with Gasteiger partial charge in [-0.25, -0.2) is 4.98 Å². The molecule has 0 unspecified atom stereocenters. The Balaban J connectivity index is 1.71. The standard InChI is InChI=1S/C18H16N2O2S/c1-12-6-8-15-16(10-12)23-18(19-15)20-17(21)9-7-13-4-3-5-14(11-13)22-2/h3-11H,1-2H3,(H,19,20,21)/b9-7+. The van der Waals surface area contributed by atoms with Crippen LogP contribution in [0.1, 0.15) is 11.1 Å². The van der Waals surface area contributed by atoms with Crippen molar-refractivity contribution in [2.24, 2.45) is 0 Å². The maximum absolute atomic E-state index is 12.0. The number of hydrogen-bond acceptors (Lipinski definition) is 4. The van der Waals surface area contributed by atoms with Crippen molar-refractivity contribution in [3.8, 4) is 5.75 Å². The molecule has 0 spiro atoms. The van der Waals surface area contributed by atoms with Gasteiger partial charge in [0, 0.05) is 6.08 Å². The van der Waals surface area contributed by atoms with Crippen molar-refractivity contribution >= 4 is 38.7 Å². The molecule has 3 aromatic rings. The van der Waals surface area contributed by atoms with Gasteiger partial charge in [0.25, 0.3) is 0 Å². The summed E-state index contributed by atoms with van der Waals surface area (Å²) >= 11 is 1.47. The summed E-state index contributed by atoms with van der Waals surface area (Å²) in [5.41, 5.74) is 2.98. The van der Waals surface area contributed by atoms with Gasteiger partial charge < -0.3 is 4.74 Å². The van der Waals surface area contributed by atoms with Crippen molar-refractivity contribution in [2.45, 2.75) is 6.92 Å². The molecule has 0 aliphatic rings. The lowest BCUT2D eigenvalue weighted by Crippen LogP contribution is -2.07. The number of nitrogens with one attached hydrogen (secondary N) is 1. The van der Waals surface area contributed by atoms with Gasteiger partial charge in [0.05, 0.1) is 17.3 Å². The summed E-state index contributed by atoms with van der Waals surface area (Å²) in [6.07, 6.45) is 3.24. The summed E-state index contributed by atoms with van der Waals surface area (Å²) in [6.45, 7) is 2.04. The van der Waals surface area contributed by atoms with Crippen LogP contribution in [-0.4, -0.2) is 18.0 Å². The molecule has 0 fully saturated rings. The normalized spacial score (nSPS) is 11.0. The van der Waals surface area contributed by atoms with Crippen molar-refractivity contribution in [3.63, 3.8) is 0 Å². The summed E-state index contributed by atoms with van der Waals surface area (Å²) in [7, 11) is 1.62. The van der Waals surface area contributed by atoms with Gasteiger partial charge in [-0.15, -0.1) is 0 Å². The molecular formula is C18H16N2O2S. The molecule has 0 saturated heterocycles. The maximum atomic E-state index is 12.0. The minimum Gasteiger partial charge on any atom is -0.497 e. The third-order valence-electron chi connectivity index (χ3n) is 3.30. The quantitative estimate of drug-likeness (QED) is 0.729. The molecule has 116 valence electrons. The second kappa shape index (κ2) is 6.62. The molecular weight excluding hydrogens is 308 g/mol. The van der Waals surface area contributed by atoms with E-state index in [1.54, 1.807) is 13.2 Å². The SMILES string of the molecule is COc1cccc(/C=C/C(=O)Nc2nc3ccc(C)cc3s2)c1. The van der Waals surface area contributed by atoms with Gasteiger partial charge in [-0.2, -0.15) is 0 Å². The van der Waals surface area contributed by atoms with Crippen LogP contribution >= 0.6 is 11.3 Å². The van der Waals surface area contributed by atoms with Crippen LogP contribution in [0.5, 0.6) is 5.75 Å². The number of methoxy groups -OCH3 is 1. The minimum absolute atomic E-state index is 0.205. The van der Waals surface area contributed by atoms with Crippen LogP contribution in [0.15, 0.2) is 48.5 Å². The van der Waals surface area contributed by atoms with E-state index in [2.05, 4.69) is 16.4 Å². The van der Waals surface area contributed by atoms with E-state index in [1.807, 2.05) is 43.3 Å². The zero-order valence-corrected chi connectivity index (χ0v) is 13.7. The van der Waals surface area contributed by atoms with Crippen molar-refractivity contribution < 1.29 is 9.53 Å². The highest BCUT2D eigenvalue weighted by molar-refractivity contribution is 7.22. The molecule has 23 heavy (non-hydrogen) atoms. The van der Waals surface area contributed by atoms with Crippen molar-refractivity contribution in [1.29, 1.82) is 0 Å². The molecule has 0 aliphatic carbocycles. The molecule has 1 heterocycles. The fourth-order valence-corrected chi connectivity index (χ4v) is 3.12. The third-order valence-corrected chi connectivity index (χ3v) is 4.23. The fraction of sp³-hybridized carbons (Fsp3) is 0.111. The Morgan fingerprint density at radius 3 is 2.96 bits per heavy atom. The Kier molecular flexibility index (Phi) is 4.39. The van der Waals surface area contributed by atoms with Crippen LogP contribution < -0.4 is 10.1 Å². The number of rotatable bonds is 4. The number of hydrogen-bond donors (Lipinski definition) is 1. The summed E-state index contributed by atoms with van der Waals surface area (Å²) < 4.78 is 6.22. The molecule has 0 aliphatic heterocycles. The monoisotopic (exact) mass is 324 g/mol. The number of carbonyl (C=O) groups is 1. The summed E-state index contributed by atoms with van der Waals surface area (Å²) in [5.74, 6) is 0.553. The molecule has 3 rings (SSSR count). The molecule has 1 N–H and O–H groups in total. The van der Waals surface area contributed by atoms with E-state index >= 15 is 0 Å². The number of thiazole rings is 1. The zero-order chi connectivity index (χ0) is 16.2. The first-order valence-corrected chi connectivity index (χ1v) is 7.96. The smallest absolute Gasteiger partial charge is 0.250 e. The second-order valence-corrected chi connectivity index (χ2v) is 6.12. The maximum Gasteiger partial charge on any atom is 0.250 e. The van der Waals surface area contributed by atoms with Crippen LogP contribution in [0.25, 0.3) is 16.3 Å². The van der Waals surface area contributed by atoms with Crippen molar-refractivity contribution in [1.82, 2.24) is 4.98 Å². The number of carbonyl (C=O) groups excluding carboxylic acids is 1. The highest BCUT2D eigenvalue weighted by Crippen LogP contribution is 2.26. The Morgan fingerprint density at radius 2 is 2.13 bits per heavy atom. The Labute approximate surface area is 138 Å². The van der Waals surface area contributed by atoms with Crippen molar-refractivity contribution in [2.75, 3.05) is 12.4 Å². The highest BCUT2D eigenvalue weighted by Gasteiger charge is 2.06. The Morgan fingerprint density at radius 1 is 1.26 bits per heavy atom. The largest absolute Gasteiger partial charge is 0.497 e. The van der Waals surface area contributed by atoms with E-state index in [4.69, 9.17) is 4.74 Å². The average Bonchev–Trinajstić information content (AvgIpc) is 2.94. The summed E-state index contributed by atoms with van der Waals surface area (Å²) in [4.78, 5) is 16.4. The first kappa shape index (κ1) is 15.2. The van der Waals surface area contributed by atoms with Gasteiger partial charge in [-0.3, -0.25) is 10.1 Å². The lowest BCUT2D eigenvalue weighted by molar-refractivity contribution is -0.111. The first-order valence-electron chi connectivity index (χ1n) is 7.14. The van der Waals surface area contributed by atoms with Crippen LogP contribution in [-0.2, 0) is 4.79 Å². The molecule has 1 amide bonds. The Bertz CT molecular complexity index is 884. The molecule has 0 radical (unpaired) electrons. The lowest BCUT2D eigenvalue weighted by Gasteiger charge is -2.00. The topological polar surface area (TPSA) is 51.2 Å². The van der Waals surface area contributed by atoms with E-state index in [9.17, 15) is 4.79 Å². The first-order chi connectivity index (χ1) is 11.1. The van der Waals surface area contributed by atoms with Crippen LogP contribution in [0.4, 0.5) is 5.13 Å². The molecule has 0 saturated carbocycles. The number of aryl methyl sites for hydroxylation is 1. The molecule has 0 bridgehead atoms. The van der Waals surface area contributed by atoms with E-state index in [0.29, 0.717) is 5.13 Å². The highest BCUT2D eigenvalue weighted by atomic mass is 32.1. The predicted octanol–water partition coefficient (Wildman–Crippen LogP) is 4.27. The number of amides is 1. The number of anilines is 1. The summed E-state index contributed by atoms with van der Waals surface area (Å²) in [5, 5.41) is 3.40. The van der Waals surface area contributed by atoms with Gasteiger partial charge in [0.2, 0.25) is 5.91 Å². The molecule has 4 nitrogen and oxygen atoms in total. The van der Waals surface area contributed by atoms with Crippen molar-refractivity contribution in [3.05, 3.63) is 59.7 Å². The fourth-order valence-electron chi connectivity index (χ4n) is 2.15. The number of ether oxygens (including phenoxy) is 1. The predicted molar refractivity (Wildman–Crippen MR) is 95.0 cm³/mol.